The van der Waals surface area contributed by atoms with Gasteiger partial charge in [0.1, 0.15) is 17.2 Å². The Morgan fingerprint density at radius 1 is 1.00 bits per heavy atom. The number of ether oxygens (including phenoxy) is 1. The second kappa shape index (κ2) is 11.5. The molecule has 0 saturated heterocycles. The maximum atomic E-state index is 14.1. The van der Waals surface area contributed by atoms with Gasteiger partial charge in [0.2, 0.25) is 0 Å². The third-order valence-electron chi connectivity index (χ3n) is 6.84. The van der Waals surface area contributed by atoms with E-state index in [1.54, 1.807) is 36.6 Å². The normalized spacial score (nSPS) is 17.4. The summed E-state index contributed by atoms with van der Waals surface area (Å²) >= 11 is 0. The third kappa shape index (κ3) is 6.97. The number of fused-ring (bicyclic) bond motifs is 1. The molecular formula is C30H33F2N3O4. The van der Waals surface area contributed by atoms with Crippen LogP contribution < -0.4 is 0 Å². The van der Waals surface area contributed by atoms with Crippen molar-refractivity contribution in [3.63, 3.8) is 0 Å². The second-order valence-electron chi connectivity index (χ2n) is 10.9. The number of nitrogens with zero attached hydrogens (tertiary/aromatic N) is 3. The molecule has 1 aliphatic heterocycles. The molecule has 0 spiro atoms. The van der Waals surface area contributed by atoms with E-state index in [1.165, 1.54) is 36.4 Å². The third-order valence-corrected chi connectivity index (χ3v) is 6.84. The Labute approximate surface area is 227 Å². The van der Waals surface area contributed by atoms with Crippen LogP contribution in [0.1, 0.15) is 43.0 Å². The molecule has 0 bridgehead atoms. The molecular weight excluding hydrogens is 504 g/mol. The summed E-state index contributed by atoms with van der Waals surface area (Å²) in [5.74, 6) is -0.893. The van der Waals surface area contributed by atoms with E-state index in [0.29, 0.717) is 11.1 Å². The molecule has 0 fully saturated rings. The van der Waals surface area contributed by atoms with Crippen molar-refractivity contribution in [3.8, 4) is 0 Å². The molecule has 9 heteroatoms. The lowest BCUT2D eigenvalue weighted by molar-refractivity contribution is -0.604. The number of rotatable bonds is 8. The van der Waals surface area contributed by atoms with E-state index in [4.69, 9.17) is 4.74 Å². The Morgan fingerprint density at radius 2 is 1.67 bits per heavy atom. The maximum absolute atomic E-state index is 14.1. The lowest BCUT2D eigenvalue weighted by Crippen LogP contribution is -2.61. The van der Waals surface area contributed by atoms with E-state index in [9.17, 15) is 23.7 Å². The zero-order chi connectivity index (χ0) is 28.2. The highest BCUT2D eigenvalue weighted by Crippen LogP contribution is 2.35. The summed E-state index contributed by atoms with van der Waals surface area (Å²) in [6.07, 6.45) is -0.562. The largest absolute Gasteiger partial charge is 0.444 e. The van der Waals surface area contributed by atoms with Crippen LogP contribution in [-0.4, -0.2) is 45.2 Å². The molecule has 7 nitrogen and oxygen atoms in total. The Kier molecular flexibility index (Phi) is 8.30. The minimum atomic E-state index is -1.62. The van der Waals surface area contributed by atoms with Gasteiger partial charge in [0, 0.05) is 31.1 Å². The highest BCUT2D eigenvalue weighted by atomic mass is 19.1. The summed E-state index contributed by atoms with van der Waals surface area (Å²) in [5, 5.41) is 12.8. The van der Waals surface area contributed by atoms with Crippen molar-refractivity contribution >= 4 is 6.09 Å². The fourth-order valence-corrected chi connectivity index (χ4v) is 4.92. The first-order valence-electron chi connectivity index (χ1n) is 12.9. The molecule has 0 saturated carbocycles. The predicted octanol–water partition coefficient (Wildman–Crippen LogP) is 5.98. The molecule has 1 aliphatic rings. The molecule has 1 unspecified atom stereocenters. The lowest BCUT2D eigenvalue weighted by Gasteiger charge is -2.41. The summed E-state index contributed by atoms with van der Waals surface area (Å²) in [6, 6.07) is 19.4. The SMILES string of the molecule is CC(C)(C)OC(=O)N(CCN1Cc2ccc(F)cc2CC1(Cc1ccc(F)cc1)[N+](=O)[O-])Cc1ccccc1. The van der Waals surface area contributed by atoms with E-state index in [1.807, 2.05) is 30.3 Å². The zero-order valence-corrected chi connectivity index (χ0v) is 22.4. The van der Waals surface area contributed by atoms with Gasteiger partial charge >= 0.3 is 6.09 Å². The first-order valence-corrected chi connectivity index (χ1v) is 12.9. The van der Waals surface area contributed by atoms with E-state index >= 15 is 0 Å². The van der Waals surface area contributed by atoms with Gasteiger partial charge < -0.3 is 9.64 Å². The van der Waals surface area contributed by atoms with Crippen LogP contribution in [0.5, 0.6) is 0 Å². The summed E-state index contributed by atoms with van der Waals surface area (Å²) in [4.78, 5) is 28.9. The van der Waals surface area contributed by atoms with Gasteiger partial charge in [-0.3, -0.25) is 10.1 Å². The highest BCUT2D eigenvalue weighted by molar-refractivity contribution is 5.68. The van der Waals surface area contributed by atoms with Gasteiger partial charge in [-0.1, -0.05) is 48.5 Å². The molecule has 1 atom stereocenters. The molecule has 0 radical (unpaired) electrons. The standard InChI is InChI=1S/C30H33F2N3O4/c1-29(2,3)39-28(36)33(20-23-7-5-4-6-8-23)15-16-34-21-24-11-14-27(32)17-25(24)19-30(34,35(37)38)18-22-9-12-26(31)13-10-22/h4-14,17H,15-16,18-21H2,1-3H3. The smallest absolute Gasteiger partial charge is 0.410 e. The fourth-order valence-electron chi connectivity index (χ4n) is 4.92. The zero-order valence-electron chi connectivity index (χ0n) is 22.4. The van der Waals surface area contributed by atoms with E-state index < -0.39 is 29.0 Å². The number of hydrogen-bond donors (Lipinski definition) is 0. The lowest BCUT2D eigenvalue weighted by atomic mass is 9.85. The number of hydrogen-bond acceptors (Lipinski definition) is 5. The van der Waals surface area contributed by atoms with E-state index in [2.05, 4.69) is 0 Å². The average Bonchev–Trinajstić information content (AvgIpc) is 2.87. The Morgan fingerprint density at radius 3 is 2.31 bits per heavy atom. The number of benzene rings is 3. The topological polar surface area (TPSA) is 75.9 Å². The first-order chi connectivity index (χ1) is 18.4. The number of carbonyl (C=O) groups is 1. The quantitative estimate of drug-likeness (QED) is 0.261. The van der Waals surface area contributed by atoms with Gasteiger partial charge in [-0.25, -0.2) is 18.5 Å². The van der Waals surface area contributed by atoms with Crippen LogP contribution in [0.4, 0.5) is 13.6 Å². The van der Waals surface area contributed by atoms with Crippen molar-refractivity contribution in [2.24, 2.45) is 0 Å². The predicted molar refractivity (Wildman–Crippen MR) is 143 cm³/mol. The second-order valence-corrected chi connectivity index (χ2v) is 10.9. The Bertz CT molecular complexity index is 1310. The summed E-state index contributed by atoms with van der Waals surface area (Å²) < 4.78 is 33.3. The molecule has 1 heterocycles. The van der Waals surface area contributed by atoms with Gasteiger partial charge in [0.05, 0.1) is 12.8 Å². The molecule has 4 rings (SSSR count). The number of amides is 1. The molecule has 39 heavy (non-hydrogen) atoms. The highest BCUT2D eigenvalue weighted by Gasteiger charge is 2.51. The number of halogens is 2. The van der Waals surface area contributed by atoms with Crippen molar-refractivity contribution in [1.29, 1.82) is 0 Å². The maximum Gasteiger partial charge on any atom is 0.410 e. The Hall–Kier alpha value is -3.85. The van der Waals surface area contributed by atoms with Crippen LogP contribution >= 0.6 is 0 Å². The van der Waals surface area contributed by atoms with Crippen LogP contribution in [0, 0.1) is 21.7 Å². The van der Waals surface area contributed by atoms with Gasteiger partial charge in [0.25, 0.3) is 5.66 Å². The molecule has 1 amide bonds. The van der Waals surface area contributed by atoms with Crippen LogP contribution in [0.2, 0.25) is 0 Å². The van der Waals surface area contributed by atoms with Crippen molar-refractivity contribution in [2.45, 2.75) is 58.0 Å². The monoisotopic (exact) mass is 537 g/mol. The minimum absolute atomic E-state index is 0.0125. The van der Waals surface area contributed by atoms with Crippen molar-refractivity contribution < 1.29 is 23.2 Å². The van der Waals surface area contributed by atoms with Crippen LogP contribution in [-0.2, 0) is 30.7 Å². The summed E-state index contributed by atoms with van der Waals surface area (Å²) in [6.45, 7) is 6.16. The fraction of sp³-hybridized carbons (Fsp3) is 0.367. The molecule has 0 N–H and O–H groups in total. The number of nitro groups is 1. The van der Waals surface area contributed by atoms with Gasteiger partial charge in [-0.2, -0.15) is 0 Å². The molecule has 206 valence electrons. The van der Waals surface area contributed by atoms with E-state index in [-0.39, 0.29) is 43.9 Å². The van der Waals surface area contributed by atoms with Gasteiger partial charge in [0.15, 0.2) is 0 Å². The summed E-state index contributed by atoms with van der Waals surface area (Å²) in [5.41, 5.74) is 0.511. The molecule has 3 aromatic carbocycles. The number of carbonyl (C=O) groups excluding carboxylic acids is 1. The molecule has 0 aromatic heterocycles. The van der Waals surface area contributed by atoms with Crippen molar-refractivity contribution in [1.82, 2.24) is 9.80 Å². The van der Waals surface area contributed by atoms with E-state index in [0.717, 1.165) is 11.1 Å². The van der Waals surface area contributed by atoms with Gasteiger partial charge in [-0.15, -0.1) is 0 Å². The minimum Gasteiger partial charge on any atom is -0.444 e. The first kappa shape index (κ1) is 28.2. The van der Waals surface area contributed by atoms with Crippen LogP contribution in [0.3, 0.4) is 0 Å². The molecule has 0 aliphatic carbocycles. The van der Waals surface area contributed by atoms with Crippen LogP contribution in [0.15, 0.2) is 72.8 Å². The average molecular weight is 538 g/mol. The van der Waals surface area contributed by atoms with Crippen molar-refractivity contribution in [3.05, 3.63) is 117 Å². The van der Waals surface area contributed by atoms with Crippen molar-refractivity contribution in [2.75, 3.05) is 13.1 Å². The van der Waals surface area contributed by atoms with Gasteiger partial charge in [-0.05, 0) is 67.3 Å². The molecule has 3 aromatic rings. The Balaban J connectivity index is 1.66. The summed E-state index contributed by atoms with van der Waals surface area (Å²) in [7, 11) is 0. The van der Waals surface area contributed by atoms with Crippen LogP contribution in [0.25, 0.3) is 0 Å².